The van der Waals surface area contributed by atoms with Crippen molar-refractivity contribution in [2.45, 2.75) is 17.4 Å². The van der Waals surface area contributed by atoms with Crippen molar-refractivity contribution < 1.29 is 4.74 Å². The zero-order valence-corrected chi connectivity index (χ0v) is 9.14. The zero-order valence-electron chi connectivity index (χ0n) is 8.32. The van der Waals surface area contributed by atoms with E-state index in [1.165, 1.54) is 4.90 Å². The number of nitrogens with one attached hydrogen (secondary N) is 1. The molecule has 2 rings (SSSR count). The smallest absolute Gasteiger partial charge is 0.120 e. The Kier molecular flexibility index (Phi) is 3.32. The van der Waals surface area contributed by atoms with Crippen molar-refractivity contribution in [1.82, 2.24) is 5.32 Å². The van der Waals surface area contributed by atoms with E-state index in [1.807, 2.05) is 12.1 Å². The molecule has 0 radical (unpaired) electrons. The summed E-state index contributed by atoms with van der Waals surface area (Å²) in [6.45, 7) is 2.05. The monoisotopic (exact) mass is 209 g/mol. The predicted molar refractivity (Wildman–Crippen MR) is 60.1 cm³/mol. The molecule has 0 saturated carbocycles. The lowest BCUT2D eigenvalue weighted by atomic mass is 10.3. The Morgan fingerprint density at radius 3 is 3.14 bits per heavy atom. The average Bonchev–Trinajstić information content (AvgIpc) is 2.71. The molecule has 1 aromatic carbocycles. The lowest BCUT2D eigenvalue weighted by Gasteiger charge is -2.12. The second-order valence-corrected chi connectivity index (χ2v) is 4.29. The first kappa shape index (κ1) is 9.87. The average molecular weight is 209 g/mol. The summed E-state index contributed by atoms with van der Waals surface area (Å²) in [7, 11) is 0. The van der Waals surface area contributed by atoms with Gasteiger partial charge in [0.2, 0.25) is 0 Å². The summed E-state index contributed by atoms with van der Waals surface area (Å²) in [5.74, 6) is 0.991. The fraction of sp³-hybridized carbons (Fsp3) is 0.455. The number of ether oxygens (including phenoxy) is 1. The van der Waals surface area contributed by atoms with Gasteiger partial charge in [-0.1, -0.05) is 6.07 Å². The lowest BCUT2D eigenvalue weighted by Crippen LogP contribution is -2.19. The van der Waals surface area contributed by atoms with Crippen molar-refractivity contribution in [3.63, 3.8) is 0 Å². The molecule has 14 heavy (non-hydrogen) atoms. The summed E-state index contributed by atoms with van der Waals surface area (Å²) in [4.78, 5) is 1.26. The van der Waals surface area contributed by atoms with E-state index in [9.17, 15) is 0 Å². The van der Waals surface area contributed by atoms with Gasteiger partial charge >= 0.3 is 0 Å². The lowest BCUT2D eigenvalue weighted by molar-refractivity contribution is 0.222. The molecule has 2 nitrogen and oxygen atoms in total. The highest BCUT2D eigenvalue weighted by molar-refractivity contribution is 7.98. The van der Waals surface area contributed by atoms with Crippen LogP contribution in [-0.2, 0) is 0 Å². The van der Waals surface area contributed by atoms with Gasteiger partial charge < -0.3 is 10.1 Å². The van der Waals surface area contributed by atoms with Gasteiger partial charge in [0.05, 0.1) is 0 Å². The molecule has 1 unspecified atom stereocenters. The molecule has 1 saturated heterocycles. The van der Waals surface area contributed by atoms with Gasteiger partial charge in [-0.25, -0.2) is 0 Å². The van der Waals surface area contributed by atoms with Crippen LogP contribution in [0.15, 0.2) is 29.2 Å². The maximum atomic E-state index is 5.84. The largest absolute Gasteiger partial charge is 0.489 e. The number of hydrogen-bond acceptors (Lipinski definition) is 3. The summed E-state index contributed by atoms with van der Waals surface area (Å²) in [6, 6.07) is 8.27. The van der Waals surface area contributed by atoms with Gasteiger partial charge in [-0.3, -0.25) is 0 Å². The van der Waals surface area contributed by atoms with Crippen LogP contribution >= 0.6 is 11.8 Å². The van der Waals surface area contributed by atoms with Gasteiger partial charge in [0.1, 0.15) is 11.9 Å². The van der Waals surface area contributed by atoms with Crippen molar-refractivity contribution in [3.05, 3.63) is 24.3 Å². The minimum absolute atomic E-state index is 0.354. The van der Waals surface area contributed by atoms with Gasteiger partial charge in [-0.2, -0.15) is 0 Å². The van der Waals surface area contributed by atoms with Crippen LogP contribution in [-0.4, -0.2) is 25.4 Å². The second-order valence-electron chi connectivity index (χ2n) is 3.41. The Labute approximate surface area is 89.0 Å². The first-order chi connectivity index (χ1) is 6.88. The summed E-state index contributed by atoms with van der Waals surface area (Å²) < 4.78 is 5.84. The van der Waals surface area contributed by atoms with E-state index in [0.717, 1.165) is 25.3 Å². The van der Waals surface area contributed by atoms with Crippen molar-refractivity contribution >= 4 is 11.8 Å². The molecular weight excluding hydrogens is 194 g/mol. The summed E-state index contributed by atoms with van der Waals surface area (Å²) in [6.07, 6.45) is 3.55. The van der Waals surface area contributed by atoms with Gasteiger partial charge in [0, 0.05) is 11.4 Å². The first-order valence-corrected chi connectivity index (χ1v) is 6.12. The molecule has 1 aliphatic rings. The second kappa shape index (κ2) is 4.71. The summed E-state index contributed by atoms with van der Waals surface area (Å²) >= 11 is 1.75. The van der Waals surface area contributed by atoms with Crippen LogP contribution in [0, 0.1) is 0 Å². The van der Waals surface area contributed by atoms with Crippen LogP contribution in [0.2, 0.25) is 0 Å². The summed E-state index contributed by atoms with van der Waals surface area (Å²) in [5.41, 5.74) is 0. The van der Waals surface area contributed by atoms with Crippen molar-refractivity contribution in [2.75, 3.05) is 19.3 Å². The highest BCUT2D eigenvalue weighted by atomic mass is 32.2. The topological polar surface area (TPSA) is 21.3 Å². The first-order valence-electron chi connectivity index (χ1n) is 4.90. The van der Waals surface area contributed by atoms with Crippen molar-refractivity contribution in [3.8, 4) is 5.75 Å². The third-order valence-electron chi connectivity index (χ3n) is 2.36. The quantitative estimate of drug-likeness (QED) is 0.771. The Morgan fingerprint density at radius 1 is 1.50 bits per heavy atom. The van der Waals surface area contributed by atoms with Crippen LogP contribution in [0.4, 0.5) is 0 Å². The Hall–Kier alpha value is -0.670. The predicted octanol–water partition coefficient (Wildman–Crippen LogP) is 2.15. The van der Waals surface area contributed by atoms with Crippen LogP contribution in [0.1, 0.15) is 6.42 Å². The Bertz CT molecular complexity index is 297. The van der Waals surface area contributed by atoms with Crippen LogP contribution in [0.3, 0.4) is 0 Å². The molecule has 3 heteroatoms. The van der Waals surface area contributed by atoms with E-state index < -0.39 is 0 Å². The van der Waals surface area contributed by atoms with E-state index >= 15 is 0 Å². The molecule has 1 aliphatic heterocycles. The van der Waals surface area contributed by atoms with Crippen molar-refractivity contribution in [2.24, 2.45) is 0 Å². The molecule has 0 spiro atoms. The Balaban J connectivity index is 2.00. The van der Waals surface area contributed by atoms with Gasteiger partial charge in [-0.05, 0) is 37.4 Å². The summed E-state index contributed by atoms with van der Waals surface area (Å²) in [5, 5.41) is 3.29. The van der Waals surface area contributed by atoms with E-state index in [4.69, 9.17) is 4.74 Å². The minimum Gasteiger partial charge on any atom is -0.489 e. The Morgan fingerprint density at radius 2 is 2.43 bits per heavy atom. The number of rotatable bonds is 3. The van der Waals surface area contributed by atoms with Crippen LogP contribution in [0.5, 0.6) is 5.75 Å². The molecule has 1 atom stereocenters. The number of benzene rings is 1. The van der Waals surface area contributed by atoms with Crippen LogP contribution < -0.4 is 10.1 Å². The standard InChI is InChI=1S/C11H15NOS/c1-14-11-4-2-3-9(7-11)13-10-5-6-12-8-10/h2-4,7,10,12H,5-6,8H2,1H3. The third-order valence-corrected chi connectivity index (χ3v) is 3.08. The zero-order chi connectivity index (χ0) is 9.80. The third kappa shape index (κ3) is 2.42. The highest BCUT2D eigenvalue weighted by Gasteiger charge is 2.15. The molecule has 0 aliphatic carbocycles. The fourth-order valence-corrected chi connectivity index (χ4v) is 2.04. The van der Waals surface area contributed by atoms with E-state index in [2.05, 4.69) is 23.7 Å². The maximum absolute atomic E-state index is 5.84. The van der Waals surface area contributed by atoms with Crippen molar-refractivity contribution in [1.29, 1.82) is 0 Å². The van der Waals surface area contributed by atoms with E-state index in [0.29, 0.717) is 6.10 Å². The van der Waals surface area contributed by atoms with Crippen LogP contribution in [0.25, 0.3) is 0 Å². The van der Waals surface area contributed by atoms with Gasteiger partial charge in [-0.15, -0.1) is 11.8 Å². The molecule has 1 aromatic rings. The molecule has 1 N–H and O–H groups in total. The number of thioether (sulfide) groups is 1. The van der Waals surface area contributed by atoms with E-state index in [1.54, 1.807) is 11.8 Å². The van der Waals surface area contributed by atoms with Gasteiger partial charge in [0.15, 0.2) is 0 Å². The molecule has 1 heterocycles. The van der Waals surface area contributed by atoms with E-state index in [-0.39, 0.29) is 0 Å². The maximum Gasteiger partial charge on any atom is 0.120 e. The molecule has 0 bridgehead atoms. The molecule has 76 valence electrons. The fourth-order valence-electron chi connectivity index (χ4n) is 1.60. The molecular formula is C11H15NOS. The minimum atomic E-state index is 0.354. The molecule has 0 amide bonds. The molecule has 0 aromatic heterocycles. The highest BCUT2D eigenvalue weighted by Crippen LogP contribution is 2.22. The van der Waals surface area contributed by atoms with Gasteiger partial charge in [0.25, 0.3) is 0 Å². The molecule has 1 fully saturated rings. The SMILES string of the molecule is CSc1cccc(OC2CCNC2)c1. The number of hydrogen-bond donors (Lipinski definition) is 1. The normalized spacial score (nSPS) is 21.1.